The van der Waals surface area contributed by atoms with Crippen molar-refractivity contribution < 1.29 is 14.7 Å². The highest BCUT2D eigenvalue weighted by Crippen LogP contribution is 2.43. The van der Waals surface area contributed by atoms with Gasteiger partial charge in [0.2, 0.25) is 11.8 Å². The lowest BCUT2D eigenvalue weighted by Crippen LogP contribution is -2.72. The minimum atomic E-state index is -0.810. The Labute approximate surface area is 232 Å². The number of benzene rings is 1. The van der Waals surface area contributed by atoms with E-state index in [4.69, 9.17) is 0 Å². The summed E-state index contributed by atoms with van der Waals surface area (Å²) in [6.07, 6.45) is 1.29. The van der Waals surface area contributed by atoms with Crippen molar-refractivity contribution in [2.24, 2.45) is 0 Å². The van der Waals surface area contributed by atoms with Crippen LogP contribution >= 0.6 is 0 Å². The smallest absolute Gasteiger partial charge is 0.242 e. The van der Waals surface area contributed by atoms with E-state index in [2.05, 4.69) is 66.0 Å². The average molecular weight is 530 g/mol. The molecule has 0 aromatic heterocycles. The Kier molecular flexibility index (Phi) is 8.58. The fourth-order valence-corrected chi connectivity index (χ4v) is 5.66. The summed E-state index contributed by atoms with van der Waals surface area (Å²) >= 11 is 0. The molecule has 6 heteroatoms. The van der Waals surface area contributed by atoms with Crippen LogP contribution in [0, 0.1) is 0 Å². The number of phenols is 1. The van der Waals surface area contributed by atoms with Crippen LogP contribution in [0.3, 0.4) is 0 Å². The van der Waals surface area contributed by atoms with E-state index < -0.39 is 16.5 Å². The summed E-state index contributed by atoms with van der Waals surface area (Å²) < 4.78 is 0. The first kappa shape index (κ1) is 32.1. The van der Waals surface area contributed by atoms with E-state index in [1.807, 2.05) is 58.6 Å². The number of hydrogen-bond acceptors (Lipinski definition) is 4. The summed E-state index contributed by atoms with van der Waals surface area (Å²) in [7, 11) is 0. The van der Waals surface area contributed by atoms with Crippen molar-refractivity contribution >= 4 is 11.8 Å². The molecule has 1 aromatic carbocycles. The summed E-state index contributed by atoms with van der Waals surface area (Å²) in [5, 5.41) is 18.0. The zero-order valence-corrected chi connectivity index (χ0v) is 26.7. The first-order valence-electron chi connectivity index (χ1n) is 14.2. The second kappa shape index (κ2) is 10.1. The van der Waals surface area contributed by atoms with Crippen LogP contribution in [0.4, 0.5) is 0 Å². The number of aromatic hydroxyl groups is 1. The van der Waals surface area contributed by atoms with E-state index in [0.29, 0.717) is 31.7 Å². The van der Waals surface area contributed by atoms with Gasteiger partial charge in [0.05, 0.1) is 16.5 Å². The first-order valence-corrected chi connectivity index (χ1v) is 14.2. The van der Waals surface area contributed by atoms with Crippen LogP contribution in [0.25, 0.3) is 0 Å². The van der Waals surface area contributed by atoms with E-state index in [-0.39, 0.29) is 28.2 Å². The number of piperazine rings is 1. The van der Waals surface area contributed by atoms with E-state index in [9.17, 15) is 14.7 Å². The van der Waals surface area contributed by atoms with Crippen molar-refractivity contribution in [3.63, 3.8) is 0 Å². The lowest BCUT2D eigenvalue weighted by Gasteiger charge is -2.50. The van der Waals surface area contributed by atoms with Gasteiger partial charge in [0, 0.05) is 18.6 Å². The molecule has 1 heterocycles. The summed E-state index contributed by atoms with van der Waals surface area (Å²) in [6, 6.07) is 4.02. The first-order chi connectivity index (χ1) is 16.9. The quantitative estimate of drug-likeness (QED) is 0.409. The number of carbonyl (C=O) groups excluding carboxylic acids is 2. The lowest BCUT2D eigenvalue weighted by atomic mass is 9.72. The molecule has 0 spiro atoms. The van der Waals surface area contributed by atoms with Crippen molar-refractivity contribution in [1.82, 2.24) is 15.5 Å². The van der Waals surface area contributed by atoms with Gasteiger partial charge >= 0.3 is 0 Å². The van der Waals surface area contributed by atoms with Crippen molar-refractivity contribution in [3.8, 4) is 5.75 Å². The van der Waals surface area contributed by atoms with Gasteiger partial charge in [-0.1, -0.05) is 67.5 Å². The van der Waals surface area contributed by atoms with Crippen molar-refractivity contribution in [1.29, 1.82) is 0 Å². The van der Waals surface area contributed by atoms with Gasteiger partial charge in [-0.3, -0.25) is 14.9 Å². The Bertz CT molecular complexity index is 1030. The second-order valence-corrected chi connectivity index (χ2v) is 15.3. The molecule has 0 aliphatic carbocycles. The van der Waals surface area contributed by atoms with Gasteiger partial charge in [-0.2, -0.15) is 0 Å². The molecule has 2 atom stereocenters. The fourth-order valence-electron chi connectivity index (χ4n) is 5.66. The van der Waals surface area contributed by atoms with Crippen LogP contribution in [0.2, 0.25) is 0 Å². The Morgan fingerprint density at radius 3 is 1.84 bits per heavy atom. The molecular weight excluding hydrogens is 474 g/mol. The zero-order chi connectivity index (χ0) is 29.7. The summed E-state index contributed by atoms with van der Waals surface area (Å²) in [5.74, 6) is 0.310. The molecule has 0 saturated carbocycles. The van der Waals surface area contributed by atoms with E-state index in [1.54, 1.807) is 0 Å². The maximum Gasteiger partial charge on any atom is 0.242 e. The van der Waals surface area contributed by atoms with Gasteiger partial charge < -0.3 is 15.3 Å². The van der Waals surface area contributed by atoms with Gasteiger partial charge in [-0.15, -0.1) is 0 Å². The van der Waals surface area contributed by atoms with E-state index in [0.717, 1.165) is 16.7 Å². The molecule has 1 aliphatic heterocycles. The van der Waals surface area contributed by atoms with Gasteiger partial charge in [0.1, 0.15) is 5.75 Å². The number of carbonyl (C=O) groups is 2. The monoisotopic (exact) mass is 529 g/mol. The highest BCUT2D eigenvalue weighted by molar-refractivity contribution is 5.89. The van der Waals surface area contributed by atoms with Crippen LogP contribution in [-0.2, 0) is 25.8 Å². The van der Waals surface area contributed by atoms with Gasteiger partial charge in [0.15, 0.2) is 0 Å². The van der Waals surface area contributed by atoms with Crippen LogP contribution in [0.1, 0.15) is 126 Å². The molecule has 1 fully saturated rings. The van der Waals surface area contributed by atoms with Gasteiger partial charge in [0.25, 0.3) is 0 Å². The fraction of sp³-hybridized carbons (Fsp3) is 0.750. The molecule has 2 amide bonds. The number of rotatable bonds is 7. The summed E-state index contributed by atoms with van der Waals surface area (Å²) in [4.78, 5) is 29.4. The molecular formula is C32H55N3O3. The van der Waals surface area contributed by atoms with E-state index in [1.165, 1.54) is 0 Å². The molecule has 2 rings (SSSR count). The standard InChI is InChI=1S/C32H55N3O3/c1-15-31(13,21-17-22(27(3,4)5)24(36)23(18-21)28(6,7)8)25(37)33-29(9,10)19-35-20-30(11,12)34-32(14,16-2)26(35)38/h17-18,34,36H,15-16,19-20H2,1-14H3,(H,33,37). The van der Waals surface area contributed by atoms with Gasteiger partial charge in [-0.25, -0.2) is 0 Å². The second-order valence-electron chi connectivity index (χ2n) is 15.3. The van der Waals surface area contributed by atoms with Crippen molar-refractivity contribution in [2.45, 2.75) is 143 Å². The van der Waals surface area contributed by atoms with Crippen molar-refractivity contribution in [2.75, 3.05) is 13.1 Å². The predicted molar refractivity (Wildman–Crippen MR) is 158 cm³/mol. The largest absolute Gasteiger partial charge is 0.507 e. The molecule has 216 valence electrons. The normalized spacial score (nSPS) is 22.3. The SMILES string of the molecule is CCC1(C)NC(C)(C)CN(CC(C)(C)NC(=O)C(C)(CC)c2cc(C(C)(C)C)c(O)c(C(C)(C)C)c2)C1=O. The molecule has 2 unspecified atom stereocenters. The Hall–Kier alpha value is -2.08. The minimum Gasteiger partial charge on any atom is -0.507 e. The van der Waals surface area contributed by atoms with Crippen LogP contribution in [-0.4, -0.2) is 51.5 Å². The number of nitrogens with one attached hydrogen (secondary N) is 2. The van der Waals surface area contributed by atoms with Crippen molar-refractivity contribution in [3.05, 3.63) is 28.8 Å². The van der Waals surface area contributed by atoms with E-state index >= 15 is 0 Å². The molecule has 6 nitrogen and oxygen atoms in total. The summed E-state index contributed by atoms with van der Waals surface area (Å²) in [6.45, 7) is 29.7. The summed E-state index contributed by atoms with van der Waals surface area (Å²) in [5.41, 5.74) is -0.277. The molecule has 38 heavy (non-hydrogen) atoms. The highest BCUT2D eigenvalue weighted by atomic mass is 16.3. The highest BCUT2D eigenvalue weighted by Gasteiger charge is 2.47. The maximum absolute atomic E-state index is 14.1. The maximum atomic E-state index is 14.1. The Morgan fingerprint density at radius 1 is 0.974 bits per heavy atom. The third kappa shape index (κ3) is 6.55. The van der Waals surface area contributed by atoms with Gasteiger partial charge in [-0.05, 0) is 81.9 Å². The molecule has 1 aliphatic rings. The number of hydrogen-bond donors (Lipinski definition) is 3. The predicted octanol–water partition coefficient (Wildman–Crippen LogP) is 5.93. The third-order valence-corrected chi connectivity index (χ3v) is 8.28. The third-order valence-electron chi connectivity index (χ3n) is 8.28. The topological polar surface area (TPSA) is 81.7 Å². The number of nitrogens with zero attached hydrogens (tertiary/aromatic N) is 1. The molecule has 1 saturated heterocycles. The number of amides is 2. The molecule has 0 radical (unpaired) electrons. The lowest BCUT2D eigenvalue weighted by molar-refractivity contribution is -0.146. The van der Waals surface area contributed by atoms with Crippen LogP contribution in [0.5, 0.6) is 5.75 Å². The molecule has 0 bridgehead atoms. The average Bonchev–Trinajstić information content (AvgIpc) is 2.74. The Morgan fingerprint density at radius 2 is 1.45 bits per heavy atom. The van der Waals surface area contributed by atoms with Crippen LogP contribution in [0.15, 0.2) is 12.1 Å². The Balaban J connectivity index is 2.47. The molecule has 1 aromatic rings. The molecule has 3 N–H and O–H groups in total. The number of phenolic OH excluding ortho intramolecular Hbond substituents is 1. The minimum absolute atomic E-state index is 0.0723. The van der Waals surface area contributed by atoms with Crippen LogP contribution < -0.4 is 10.6 Å². The zero-order valence-electron chi connectivity index (χ0n) is 26.7.